The Bertz CT molecular complexity index is 80.1. The van der Waals surface area contributed by atoms with E-state index in [4.69, 9.17) is 0 Å². The third kappa shape index (κ3) is 3.73. The van der Waals surface area contributed by atoms with Crippen LogP contribution in [0.2, 0.25) is 0 Å². The number of halogens is 1. The molecule has 0 aromatic carbocycles. The van der Waals surface area contributed by atoms with Crippen LogP contribution in [0, 0.1) is 0 Å². The van der Waals surface area contributed by atoms with E-state index in [0.29, 0.717) is 0 Å². The van der Waals surface area contributed by atoms with Crippen molar-refractivity contribution in [1.29, 1.82) is 0 Å². The second-order valence-corrected chi connectivity index (χ2v) is 3.70. The fourth-order valence-electron chi connectivity index (χ4n) is 0.0486. The van der Waals surface area contributed by atoms with E-state index in [2.05, 4.69) is 18.5 Å². The number of amides is 1. The van der Waals surface area contributed by atoms with Gasteiger partial charge in [-0.05, 0) is 0 Å². The third-order valence-electron chi connectivity index (χ3n) is 0.291. The molecule has 0 saturated heterocycles. The zero-order valence-electron chi connectivity index (χ0n) is 3.48. The van der Waals surface area contributed by atoms with Gasteiger partial charge in [-0.15, -0.1) is 0 Å². The average molecular weight is 319 g/mol. The maximum absolute atomic E-state index is 10.2. The molecule has 0 aliphatic rings. The molecule has 0 unspecified atom stereocenters. The first-order valence-electron chi connectivity index (χ1n) is 1.41. The van der Waals surface area contributed by atoms with Crippen molar-refractivity contribution in [3.05, 3.63) is 0 Å². The number of rotatable bonds is 1. The Morgan fingerprint density at radius 2 is 2.43 bits per heavy atom. The molecule has 0 aliphatic heterocycles. The molecule has 0 spiro atoms. The molecule has 0 N–H and O–H groups in total. The molecule has 0 atom stereocenters. The summed E-state index contributed by atoms with van der Waals surface area (Å²) in [6.45, 7) is 1.51. The molecular formula is C2H3INORhS. The number of nitrogens with zero attached hydrogens (tertiary/aromatic N) is 1. The first kappa shape index (κ1) is 8.17. The quantitative estimate of drug-likeness (QED) is 0.412. The number of hydrogen-bond acceptors (Lipinski definition) is 2. The van der Waals surface area contributed by atoms with E-state index in [9.17, 15) is 4.79 Å². The number of carbonyl (C=O) groups is 1. The molecule has 0 aliphatic carbocycles. The fraction of sp³-hybridized carbons (Fsp3) is 0.500. The van der Waals surface area contributed by atoms with Crippen LogP contribution in [-0.2, 0) is 23.3 Å². The van der Waals surface area contributed by atoms with Gasteiger partial charge in [-0.25, -0.2) is 0 Å². The molecule has 1 amide bonds. The second kappa shape index (κ2) is 4.09. The van der Waals surface area contributed by atoms with Crippen molar-refractivity contribution >= 4 is 36.2 Å². The molecule has 0 radical (unpaired) electrons. The average Bonchev–Trinajstić information content (AvgIpc) is 1.65. The van der Waals surface area contributed by atoms with Crippen LogP contribution in [0.4, 0.5) is 0 Å². The minimum atomic E-state index is 0.0339. The van der Waals surface area contributed by atoms with Gasteiger partial charge in [-0.2, -0.15) is 0 Å². The van der Waals surface area contributed by atoms with Gasteiger partial charge in [0.15, 0.2) is 0 Å². The Hall–Kier alpha value is 1.17. The molecule has 44 valence electrons. The molecule has 0 aromatic rings. The van der Waals surface area contributed by atoms with Crippen LogP contribution >= 0.6 is 30.3 Å². The molecule has 2 nitrogen and oxygen atoms in total. The van der Waals surface area contributed by atoms with Crippen LogP contribution in [0.25, 0.3) is 0 Å². The first-order valence-corrected chi connectivity index (χ1v) is 5.46. The molecule has 5 heteroatoms. The SMILES string of the molecule is CC(=O)[N]([Rh])SI. The first-order chi connectivity index (χ1) is 3.18. The summed E-state index contributed by atoms with van der Waals surface area (Å²) in [5, 5.41) is 0. The van der Waals surface area contributed by atoms with Crippen molar-refractivity contribution in [2.24, 2.45) is 0 Å². The predicted octanol–water partition coefficient (Wildman–Crippen LogP) is 1.29. The van der Waals surface area contributed by atoms with Gasteiger partial charge >= 0.3 is 69.5 Å². The standard InChI is InChI=1S/C2H4INOS.Rh/c1-2(5)4-6-3;/h1H3,(H,4,5);/q;+1/p-1. The van der Waals surface area contributed by atoms with Gasteiger partial charge in [0.25, 0.3) is 0 Å². The van der Waals surface area contributed by atoms with Gasteiger partial charge in [0.1, 0.15) is 0 Å². The van der Waals surface area contributed by atoms with Crippen LogP contribution in [0.15, 0.2) is 0 Å². The van der Waals surface area contributed by atoms with Crippen molar-refractivity contribution in [1.82, 2.24) is 3.05 Å². The van der Waals surface area contributed by atoms with Crippen LogP contribution in [0.3, 0.4) is 0 Å². The van der Waals surface area contributed by atoms with Gasteiger partial charge in [0.2, 0.25) is 0 Å². The summed E-state index contributed by atoms with van der Waals surface area (Å²) in [5.41, 5.74) is 0. The number of carbonyl (C=O) groups excluding carboxylic acids is 1. The summed E-state index contributed by atoms with van der Waals surface area (Å²) >= 11 is 4.49. The Morgan fingerprint density at radius 3 is 2.43 bits per heavy atom. The molecule has 0 saturated carbocycles. The van der Waals surface area contributed by atoms with Crippen molar-refractivity contribution in [2.45, 2.75) is 6.92 Å². The number of hydrogen-bond donors (Lipinski definition) is 0. The van der Waals surface area contributed by atoms with E-state index < -0.39 is 0 Å². The Labute approximate surface area is 69.1 Å². The Kier molecular flexibility index (Phi) is 4.78. The van der Waals surface area contributed by atoms with Crippen LogP contribution in [0.1, 0.15) is 6.92 Å². The zero-order chi connectivity index (χ0) is 5.86. The Balaban J connectivity index is 3.34. The molecule has 0 heterocycles. The van der Waals surface area contributed by atoms with Crippen molar-refractivity contribution in [2.75, 3.05) is 0 Å². The van der Waals surface area contributed by atoms with E-state index in [1.54, 1.807) is 0 Å². The molecule has 0 fully saturated rings. The van der Waals surface area contributed by atoms with Crippen LogP contribution in [0.5, 0.6) is 0 Å². The summed E-state index contributed by atoms with van der Waals surface area (Å²) in [6, 6.07) is 0. The summed E-state index contributed by atoms with van der Waals surface area (Å²) in [5.74, 6) is 0.0339. The maximum atomic E-state index is 10.2. The van der Waals surface area contributed by atoms with E-state index in [-0.39, 0.29) is 5.91 Å². The van der Waals surface area contributed by atoms with Crippen LogP contribution in [-0.4, -0.2) is 8.96 Å². The molecule has 0 bridgehead atoms. The summed E-state index contributed by atoms with van der Waals surface area (Å²) in [7, 11) is 1.34. The topological polar surface area (TPSA) is 20.3 Å². The Morgan fingerprint density at radius 1 is 2.00 bits per heavy atom. The normalized spacial score (nSPS) is 8.57. The van der Waals surface area contributed by atoms with Gasteiger partial charge in [0.05, 0.1) is 0 Å². The second-order valence-electron chi connectivity index (χ2n) is 0.815. The molecule has 0 aromatic heterocycles. The zero-order valence-corrected chi connectivity index (χ0v) is 8.09. The molecule has 7 heavy (non-hydrogen) atoms. The molecule has 0 rings (SSSR count). The van der Waals surface area contributed by atoms with E-state index in [1.165, 1.54) is 19.1 Å². The van der Waals surface area contributed by atoms with Crippen LogP contribution < -0.4 is 0 Å². The summed E-state index contributed by atoms with van der Waals surface area (Å²) in [4.78, 5) is 10.2. The third-order valence-corrected chi connectivity index (χ3v) is 4.44. The van der Waals surface area contributed by atoms with E-state index in [1.807, 2.05) is 21.2 Å². The fourth-order valence-corrected chi connectivity index (χ4v) is 0.978. The van der Waals surface area contributed by atoms with Gasteiger partial charge in [-0.1, -0.05) is 0 Å². The van der Waals surface area contributed by atoms with Crippen molar-refractivity contribution < 1.29 is 23.3 Å². The predicted molar refractivity (Wildman–Crippen MR) is 34.1 cm³/mol. The monoisotopic (exact) mass is 319 g/mol. The minimum absolute atomic E-state index is 0.0339. The van der Waals surface area contributed by atoms with Crippen molar-refractivity contribution in [3.8, 4) is 0 Å². The summed E-state index contributed by atoms with van der Waals surface area (Å²) in [6.07, 6.45) is 0. The van der Waals surface area contributed by atoms with Crippen molar-refractivity contribution in [3.63, 3.8) is 0 Å². The van der Waals surface area contributed by atoms with E-state index >= 15 is 0 Å². The van der Waals surface area contributed by atoms with Gasteiger partial charge in [0, 0.05) is 0 Å². The van der Waals surface area contributed by atoms with Gasteiger partial charge in [-0.3, -0.25) is 0 Å². The van der Waals surface area contributed by atoms with E-state index in [0.717, 1.165) is 0 Å². The van der Waals surface area contributed by atoms with Gasteiger partial charge < -0.3 is 0 Å². The summed E-state index contributed by atoms with van der Waals surface area (Å²) < 4.78 is 1.45. The molecular weight excluding hydrogens is 316 g/mol.